The molecule has 1 fully saturated rings. The predicted octanol–water partition coefficient (Wildman–Crippen LogP) is 5.06. The number of esters is 1. The van der Waals surface area contributed by atoms with E-state index in [4.69, 9.17) is 19.2 Å². The highest BCUT2D eigenvalue weighted by Crippen LogP contribution is 2.41. The first-order chi connectivity index (χ1) is 15.2. The van der Waals surface area contributed by atoms with Crippen molar-refractivity contribution in [2.75, 3.05) is 27.4 Å². The lowest BCUT2D eigenvalue weighted by atomic mass is 9.87. The van der Waals surface area contributed by atoms with E-state index in [-0.39, 0.29) is 33.5 Å². The first-order valence-corrected chi connectivity index (χ1v) is 10.8. The Balaban J connectivity index is 1.94. The molecule has 1 aliphatic rings. The molecular weight excluding hydrogens is 486 g/mol. The van der Waals surface area contributed by atoms with Gasteiger partial charge in [0.15, 0.2) is 0 Å². The molecule has 2 heterocycles. The van der Waals surface area contributed by atoms with Crippen LogP contribution in [0.15, 0.2) is 28.7 Å². The Kier molecular flexibility index (Phi) is 5.98. The van der Waals surface area contributed by atoms with Gasteiger partial charge in [-0.15, -0.1) is 0 Å². The molecule has 6 nitrogen and oxygen atoms in total. The average molecular weight is 509 g/mol. The van der Waals surface area contributed by atoms with Gasteiger partial charge in [0.05, 0.1) is 49.0 Å². The number of aromatic nitrogens is 2. The largest absolute Gasteiger partial charge is 0.496 e. The Hall–Kier alpha value is -2.52. The number of imidazole rings is 1. The molecule has 1 aromatic heterocycles. The fourth-order valence-corrected chi connectivity index (χ4v) is 4.45. The first-order valence-electron chi connectivity index (χ1n) is 10.0. The van der Waals surface area contributed by atoms with Gasteiger partial charge in [-0.05, 0) is 39.7 Å². The molecule has 0 aliphatic carbocycles. The second kappa shape index (κ2) is 8.44. The van der Waals surface area contributed by atoms with Gasteiger partial charge >= 0.3 is 5.97 Å². The molecule has 9 heteroatoms. The summed E-state index contributed by atoms with van der Waals surface area (Å²) >= 11 is 3.01. The lowest BCUT2D eigenvalue weighted by Gasteiger charge is -2.28. The Morgan fingerprint density at radius 3 is 2.62 bits per heavy atom. The molecule has 0 spiro atoms. The molecule has 0 unspecified atom stereocenters. The molecule has 0 N–H and O–H groups in total. The summed E-state index contributed by atoms with van der Waals surface area (Å²) in [5, 5.41) is 0. The summed E-state index contributed by atoms with van der Waals surface area (Å²) in [6.45, 7) is 5.12. The molecule has 170 valence electrons. The monoisotopic (exact) mass is 508 g/mol. The van der Waals surface area contributed by atoms with Crippen molar-refractivity contribution in [2.45, 2.75) is 26.3 Å². The smallest absolute Gasteiger partial charge is 0.341 e. The number of methoxy groups -OCH3 is 2. The van der Waals surface area contributed by atoms with Crippen molar-refractivity contribution < 1.29 is 27.8 Å². The number of halogens is 3. The van der Waals surface area contributed by atoms with Crippen molar-refractivity contribution in [1.29, 1.82) is 0 Å². The van der Waals surface area contributed by atoms with Gasteiger partial charge in [0.25, 0.3) is 0 Å². The van der Waals surface area contributed by atoms with Crippen LogP contribution in [0.5, 0.6) is 5.75 Å². The second-order valence-corrected chi connectivity index (χ2v) is 9.34. The second-order valence-electron chi connectivity index (χ2n) is 8.48. The maximum Gasteiger partial charge on any atom is 0.341 e. The van der Waals surface area contributed by atoms with Crippen molar-refractivity contribution in [3.05, 3.63) is 57.3 Å². The van der Waals surface area contributed by atoms with Crippen LogP contribution in [0.4, 0.5) is 8.78 Å². The first kappa shape index (κ1) is 22.7. The minimum atomic E-state index is -0.553. The van der Waals surface area contributed by atoms with E-state index in [9.17, 15) is 13.6 Å². The zero-order chi connectivity index (χ0) is 23.2. The standard InChI is InChI=1S/C23H23BrF2N2O4/c1-23(2)11-32-10-20(23)28-18-7-13(22(29)31-4)19(30-3)9-17(18)27-21(28)6-12-5-16(26)14(24)8-15(12)25/h5,7-9,20H,6,10-11H2,1-4H3/t20-/m1/s1. The van der Waals surface area contributed by atoms with Gasteiger partial charge in [-0.25, -0.2) is 18.6 Å². The van der Waals surface area contributed by atoms with Gasteiger partial charge in [-0.2, -0.15) is 0 Å². The lowest BCUT2D eigenvalue weighted by molar-refractivity contribution is 0.0597. The van der Waals surface area contributed by atoms with Crippen molar-refractivity contribution in [1.82, 2.24) is 9.55 Å². The summed E-state index contributed by atoms with van der Waals surface area (Å²) in [6, 6.07) is 5.48. The van der Waals surface area contributed by atoms with Gasteiger partial charge in [0.1, 0.15) is 28.8 Å². The molecule has 0 amide bonds. The van der Waals surface area contributed by atoms with Crippen LogP contribution in [0.25, 0.3) is 11.0 Å². The third-order valence-corrected chi connectivity index (χ3v) is 6.50. The minimum Gasteiger partial charge on any atom is -0.496 e. The molecule has 0 saturated carbocycles. The Labute approximate surface area is 192 Å². The molecule has 3 aromatic rings. The molecular formula is C23H23BrF2N2O4. The maximum atomic E-state index is 14.6. The highest BCUT2D eigenvalue weighted by Gasteiger charge is 2.39. The fraction of sp³-hybridized carbons (Fsp3) is 0.391. The van der Waals surface area contributed by atoms with Crippen LogP contribution in [-0.4, -0.2) is 43.0 Å². The zero-order valence-corrected chi connectivity index (χ0v) is 19.8. The number of rotatable bonds is 5. The number of carbonyl (C=O) groups is 1. The molecule has 32 heavy (non-hydrogen) atoms. The van der Waals surface area contributed by atoms with Crippen LogP contribution >= 0.6 is 15.9 Å². The molecule has 4 rings (SSSR count). The van der Waals surface area contributed by atoms with E-state index in [1.165, 1.54) is 20.3 Å². The van der Waals surface area contributed by atoms with Crippen LogP contribution in [0.1, 0.15) is 41.6 Å². The van der Waals surface area contributed by atoms with Gasteiger partial charge < -0.3 is 18.8 Å². The van der Waals surface area contributed by atoms with E-state index < -0.39 is 17.6 Å². The molecule has 0 bridgehead atoms. The number of carbonyl (C=O) groups excluding carboxylic acids is 1. The lowest BCUT2D eigenvalue weighted by Crippen LogP contribution is -2.27. The Morgan fingerprint density at radius 2 is 2.00 bits per heavy atom. The Morgan fingerprint density at radius 1 is 1.25 bits per heavy atom. The molecule has 0 radical (unpaired) electrons. The van der Waals surface area contributed by atoms with Crippen molar-refractivity contribution in [2.24, 2.45) is 5.41 Å². The van der Waals surface area contributed by atoms with E-state index in [1.807, 2.05) is 4.57 Å². The average Bonchev–Trinajstić information content (AvgIpc) is 3.27. The van der Waals surface area contributed by atoms with Crippen LogP contribution < -0.4 is 4.74 Å². The summed E-state index contributed by atoms with van der Waals surface area (Å²) in [5.41, 5.74) is 1.44. The number of hydrogen-bond acceptors (Lipinski definition) is 5. The third kappa shape index (κ3) is 3.88. The highest BCUT2D eigenvalue weighted by atomic mass is 79.9. The van der Waals surface area contributed by atoms with Crippen molar-refractivity contribution in [3.63, 3.8) is 0 Å². The van der Waals surface area contributed by atoms with Gasteiger partial charge in [0, 0.05) is 17.9 Å². The van der Waals surface area contributed by atoms with Crippen molar-refractivity contribution in [3.8, 4) is 5.75 Å². The van der Waals surface area contributed by atoms with E-state index >= 15 is 0 Å². The normalized spacial score (nSPS) is 17.7. The summed E-state index contributed by atoms with van der Waals surface area (Å²) in [7, 11) is 2.76. The molecule has 1 saturated heterocycles. The summed E-state index contributed by atoms with van der Waals surface area (Å²) in [6.07, 6.45) is 0.0627. The number of nitrogens with zero attached hydrogens (tertiary/aromatic N) is 2. The van der Waals surface area contributed by atoms with Crippen LogP contribution in [0.2, 0.25) is 0 Å². The molecule has 2 aromatic carbocycles. The quantitative estimate of drug-likeness (QED) is 0.356. The van der Waals surface area contributed by atoms with Crippen LogP contribution in [0.3, 0.4) is 0 Å². The number of benzene rings is 2. The summed E-state index contributed by atoms with van der Waals surface area (Å²) in [4.78, 5) is 17.1. The maximum absolute atomic E-state index is 14.6. The predicted molar refractivity (Wildman–Crippen MR) is 118 cm³/mol. The fourth-order valence-electron chi connectivity index (χ4n) is 4.13. The molecule has 1 atom stereocenters. The van der Waals surface area contributed by atoms with E-state index in [1.54, 1.807) is 12.1 Å². The topological polar surface area (TPSA) is 62.6 Å². The van der Waals surface area contributed by atoms with E-state index in [0.29, 0.717) is 35.8 Å². The summed E-state index contributed by atoms with van der Waals surface area (Å²) < 4.78 is 46.8. The van der Waals surface area contributed by atoms with E-state index in [0.717, 1.165) is 6.07 Å². The van der Waals surface area contributed by atoms with Gasteiger partial charge in [0.2, 0.25) is 0 Å². The summed E-state index contributed by atoms with van der Waals surface area (Å²) in [5.74, 6) is -0.771. The van der Waals surface area contributed by atoms with Crippen LogP contribution in [-0.2, 0) is 15.9 Å². The number of fused-ring (bicyclic) bond motifs is 1. The zero-order valence-electron chi connectivity index (χ0n) is 18.2. The van der Waals surface area contributed by atoms with Crippen molar-refractivity contribution >= 4 is 32.9 Å². The Bertz CT molecular complexity index is 1210. The van der Waals surface area contributed by atoms with Gasteiger partial charge in [-0.3, -0.25) is 0 Å². The highest BCUT2D eigenvalue weighted by molar-refractivity contribution is 9.10. The third-order valence-electron chi connectivity index (χ3n) is 5.89. The van der Waals surface area contributed by atoms with Crippen LogP contribution in [0, 0.1) is 17.0 Å². The molecule has 1 aliphatic heterocycles. The SMILES string of the molecule is COC(=O)c1cc2c(cc1OC)nc(Cc1cc(F)c(Br)cc1F)n2[C@@H]1COCC1(C)C. The number of hydrogen-bond donors (Lipinski definition) is 0. The minimum absolute atomic E-state index is 0.0602. The number of ether oxygens (including phenoxy) is 3. The van der Waals surface area contributed by atoms with Gasteiger partial charge in [-0.1, -0.05) is 13.8 Å². The van der Waals surface area contributed by atoms with E-state index in [2.05, 4.69) is 29.8 Å².